The molecule has 0 N–H and O–H groups in total. The molecule has 3 rings (SSSR count). The van der Waals surface area contributed by atoms with Gasteiger partial charge in [0, 0.05) is 32.7 Å². The van der Waals surface area contributed by atoms with E-state index in [2.05, 4.69) is 4.90 Å². The van der Waals surface area contributed by atoms with Gasteiger partial charge in [-0.15, -0.1) is 0 Å². The lowest BCUT2D eigenvalue weighted by Gasteiger charge is -2.34. The Hall–Kier alpha value is -2.09. The van der Waals surface area contributed by atoms with Gasteiger partial charge in [0.2, 0.25) is 10.0 Å². The van der Waals surface area contributed by atoms with Gasteiger partial charge >= 0.3 is 0 Å². The molecule has 1 heterocycles. The standard InChI is InChI=1S/C21H28N2O4S/c1-16-5-6-17(2)21(13-16)28(24,25)23-11-9-22(10-12-23)15-18-7-8-19(26-3)20(14-18)27-4/h5-8,13-14H,9-12,15H2,1-4H3. The second-order valence-corrected chi connectivity index (χ2v) is 9.04. The van der Waals surface area contributed by atoms with Crippen molar-refractivity contribution in [2.75, 3.05) is 40.4 Å². The number of ether oxygens (including phenoxy) is 2. The largest absolute Gasteiger partial charge is 0.493 e. The number of piperazine rings is 1. The Morgan fingerprint density at radius 1 is 0.893 bits per heavy atom. The monoisotopic (exact) mass is 404 g/mol. The Labute approximate surface area is 167 Å². The van der Waals surface area contributed by atoms with Crippen molar-refractivity contribution < 1.29 is 17.9 Å². The predicted octanol–water partition coefficient (Wildman–Crippen LogP) is 2.83. The molecule has 1 saturated heterocycles. The van der Waals surface area contributed by atoms with Gasteiger partial charge in [-0.1, -0.05) is 18.2 Å². The van der Waals surface area contributed by atoms with Gasteiger partial charge in [-0.25, -0.2) is 8.42 Å². The maximum atomic E-state index is 13.1. The summed E-state index contributed by atoms with van der Waals surface area (Å²) in [5.41, 5.74) is 2.86. The van der Waals surface area contributed by atoms with Crippen LogP contribution in [0.15, 0.2) is 41.3 Å². The molecule has 0 atom stereocenters. The van der Waals surface area contributed by atoms with Gasteiger partial charge in [-0.2, -0.15) is 4.31 Å². The van der Waals surface area contributed by atoms with E-state index in [1.54, 1.807) is 24.6 Å². The molecule has 7 heteroatoms. The Balaban J connectivity index is 1.67. The van der Waals surface area contributed by atoms with Crippen LogP contribution in [0.2, 0.25) is 0 Å². The molecule has 6 nitrogen and oxygen atoms in total. The zero-order valence-electron chi connectivity index (χ0n) is 16.9. The summed E-state index contributed by atoms with van der Waals surface area (Å²) < 4.78 is 38.4. The Kier molecular flexibility index (Phi) is 6.27. The number of nitrogens with zero attached hydrogens (tertiary/aromatic N) is 2. The molecule has 0 aromatic heterocycles. The van der Waals surface area contributed by atoms with E-state index in [0.29, 0.717) is 42.6 Å². The van der Waals surface area contributed by atoms with E-state index < -0.39 is 10.0 Å². The van der Waals surface area contributed by atoms with Crippen molar-refractivity contribution >= 4 is 10.0 Å². The smallest absolute Gasteiger partial charge is 0.243 e. The van der Waals surface area contributed by atoms with Crippen LogP contribution in [-0.2, 0) is 16.6 Å². The molecule has 2 aromatic rings. The van der Waals surface area contributed by atoms with Gasteiger partial charge in [0.05, 0.1) is 19.1 Å². The lowest BCUT2D eigenvalue weighted by atomic mass is 10.1. The summed E-state index contributed by atoms with van der Waals surface area (Å²) in [4.78, 5) is 2.68. The summed E-state index contributed by atoms with van der Waals surface area (Å²) in [5, 5.41) is 0. The van der Waals surface area contributed by atoms with Gasteiger partial charge in [0.1, 0.15) is 0 Å². The van der Waals surface area contributed by atoms with E-state index in [1.165, 1.54) is 0 Å². The molecule has 2 aromatic carbocycles. The number of hydrogen-bond acceptors (Lipinski definition) is 5. The van der Waals surface area contributed by atoms with Crippen LogP contribution >= 0.6 is 0 Å². The van der Waals surface area contributed by atoms with Crippen molar-refractivity contribution in [3.05, 3.63) is 53.1 Å². The van der Waals surface area contributed by atoms with Crippen molar-refractivity contribution in [2.24, 2.45) is 0 Å². The van der Waals surface area contributed by atoms with Crippen LogP contribution < -0.4 is 9.47 Å². The quantitative estimate of drug-likeness (QED) is 0.741. The molecule has 0 spiro atoms. The third kappa shape index (κ3) is 4.32. The van der Waals surface area contributed by atoms with Crippen LogP contribution in [-0.4, -0.2) is 58.0 Å². The number of benzene rings is 2. The average molecular weight is 405 g/mol. The van der Waals surface area contributed by atoms with Gasteiger partial charge in [-0.05, 0) is 48.7 Å². The van der Waals surface area contributed by atoms with Crippen molar-refractivity contribution in [3.63, 3.8) is 0 Å². The lowest BCUT2D eigenvalue weighted by molar-refractivity contribution is 0.181. The van der Waals surface area contributed by atoms with Crippen molar-refractivity contribution in [2.45, 2.75) is 25.3 Å². The van der Waals surface area contributed by atoms with E-state index in [9.17, 15) is 8.42 Å². The van der Waals surface area contributed by atoms with E-state index in [4.69, 9.17) is 9.47 Å². The first-order chi connectivity index (χ1) is 13.3. The summed E-state index contributed by atoms with van der Waals surface area (Å²) in [5.74, 6) is 1.41. The highest BCUT2D eigenvalue weighted by atomic mass is 32.2. The molecule has 0 amide bonds. The number of rotatable bonds is 6. The van der Waals surface area contributed by atoms with E-state index in [1.807, 2.05) is 44.2 Å². The summed E-state index contributed by atoms with van der Waals surface area (Å²) in [7, 11) is -0.219. The molecular weight excluding hydrogens is 376 g/mol. The zero-order valence-corrected chi connectivity index (χ0v) is 17.8. The maximum Gasteiger partial charge on any atom is 0.243 e. The number of hydrogen-bond donors (Lipinski definition) is 0. The number of methoxy groups -OCH3 is 2. The average Bonchev–Trinajstić information content (AvgIpc) is 2.70. The summed E-state index contributed by atoms with van der Waals surface area (Å²) in [6, 6.07) is 11.5. The molecule has 1 aliphatic heterocycles. The Morgan fingerprint density at radius 2 is 1.57 bits per heavy atom. The molecule has 0 unspecified atom stereocenters. The highest BCUT2D eigenvalue weighted by Crippen LogP contribution is 2.28. The first-order valence-corrected chi connectivity index (χ1v) is 10.8. The first kappa shape index (κ1) is 20.6. The number of sulfonamides is 1. The van der Waals surface area contributed by atoms with Gasteiger partial charge in [0.15, 0.2) is 11.5 Å². The van der Waals surface area contributed by atoms with E-state index >= 15 is 0 Å². The van der Waals surface area contributed by atoms with Gasteiger partial charge in [0.25, 0.3) is 0 Å². The summed E-state index contributed by atoms with van der Waals surface area (Å²) >= 11 is 0. The molecule has 0 bridgehead atoms. The summed E-state index contributed by atoms with van der Waals surface area (Å²) in [6.07, 6.45) is 0. The SMILES string of the molecule is COc1ccc(CN2CCN(S(=O)(=O)c3cc(C)ccc3C)CC2)cc1OC. The molecule has 0 aliphatic carbocycles. The van der Waals surface area contributed by atoms with Crippen molar-refractivity contribution in [1.29, 1.82) is 0 Å². The fourth-order valence-corrected chi connectivity index (χ4v) is 5.22. The summed E-state index contributed by atoms with van der Waals surface area (Å²) in [6.45, 7) is 6.87. The highest BCUT2D eigenvalue weighted by molar-refractivity contribution is 7.89. The topological polar surface area (TPSA) is 59.1 Å². The van der Waals surface area contributed by atoms with Crippen LogP contribution in [0, 0.1) is 13.8 Å². The van der Waals surface area contributed by atoms with Gasteiger partial charge < -0.3 is 9.47 Å². The molecule has 1 fully saturated rings. The normalized spacial score (nSPS) is 16.1. The second kappa shape index (κ2) is 8.51. The van der Waals surface area contributed by atoms with Crippen molar-refractivity contribution in [1.82, 2.24) is 9.21 Å². The van der Waals surface area contributed by atoms with Crippen LogP contribution in [0.3, 0.4) is 0 Å². The fraction of sp³-hybridized carbons (Fsp3) is 0.429. The van der Waals surface area contributed by atoms with Crippen LogP contribution in [0.5, 0.6) is 11.5 Å². The minimum atomic E-state index is -3.46. The van der Waals surface area contributed by atoms with E-state index in [-0.39, 0.29) is 0 Å². The van der Waals surface area contributed by atoms with Crippen LogP contribution in [0.1, 0.15) is 16.7 Å². The van der Waals surface area contributed by atoms with Crippen molar-refractivity contribution in [3.8, 4) is 11.5 Å². The van der Waals surface area contributed by atoms with Crippen LogP contribution in [0.4, 0.5) is 0 Å². The highest BCUT2D eigenvalue weighted by Gasteiger charge is 2.29. The molecule has 0 radical (unpaired) electrons. The third-order valence-electron chi connectivity index (χ3n) is 5.15. The first-order valence-electron chi connectivity index (χ1n) is 9.36. The minimum Gasteiger partial charge on any atom is -0.493 e. The molecular formula is C21H28N2O4S. The minimum absolute atomic E-state index is 0.417. The zero-order chi connectivity index (χ0) is 20.3. The molecule has 152 valence electrons. The van der Waals surface area contributed by atoms with Crippen LogP contribution in [0.25, 0.3) is 0 Å². The Morgan fingerprint density at radius 3 is 2.21 bits per heavy atom. The maximum absolute atomic E-state index is 13.1. The molecule has 1 aliphatic rings. The fourth-order valence-electron chi connectivity index (χ4n) is 3.49. The third-order valence-corrected chi connectivity index (χ3v) is 7.19. The van der Waals surface area contributed by atoms with Gasteiger partial charge in [-0.3, -0.25) is 4.90 Å². The second-order valence-electron chi connectivity index (χ2n) is 7.14. The lowest BCUT2D eigenvalue weighted by Crippen LogP contribution is -2.48. The predicted molar refractivity (Wildman–Crippen MR) is 109 cm³/mol. The molecule has 0 saturated carbocycles. The number of aryl methyl sites for hydroxylation is 2. The Bertz CT molecular complexity index is 935. The molecule has 28 heavy (non-hydrogen) atoms. The van der Waals surface area contributed by atoms with E-state index in [0.717, 1.165) is 23.2 Å².